The van der Waals surface area contributed by atoms with Crippen molar-refractivity contribution in [2.24, 2.45) is 0 Å². The summed E-state index contributed by atoms with van der Waals surface area (Å²) in [7, 11) is 0. The number of nitrogens with zero attached hydrogens (tertiary/aromatic N) is 3. The van der Waals surface area contributed by atoms with Crippen LogP contribution in [0.4, 0.5) is 0 Å². The highest BCUT2D eigenvalue weighted by Gasteiger charge is 2.19. The smallest absolute Gasteiger partial charge is 0.274 e. The summed E-state index contributed by atoms with van der Waals surface area (Å²) in [5.74, 6) is 0.0570. The number of rotatable bonds is 2. The molecule has 0 radical (unpaired) electrons. The van der Waals surface area contributed by atoms with Gasteiger partial charge in [-0.2, -0.15) is 5.10 Å². The summed E-state index contributed by atoms with van der Waals surface area (Å²) in [4.78, 5) is 14.4. The molecule has 3 rings (SSSR count). The van der Waals surface area contributed by atoms with Gasteiger partial charge >= 0.3 is 0 Å². The van der Waals surface area contributed by atoms with E-state index in [9.17, 15) is 4.79 Å². The molecule has 1 fully saturated rings. The van der Waals surface area contributed by atoms with E-state index in [2.05, 4.69) is 5.10 Å². The first-order valence-corrected chi connectivity index (χ1v) is 7.25. The molecule has 0 unspecified atom stereocenters. The number of amides is 1. The van der Waals surface area contributed by atoms with Gasteiger partial charge in [0.1, 0.15) is 0 Å². The molecule has 0 N–H and O–H groups in total. The predicted molar refractivity (Wildman–Crippen MR) is 77.9 cm³/mol. The highest BCUT2D eigenvalue weighted by Crippen LogP contribution is 2.13. The van der Waals surface area contributed by atoms with Crippen LogP contribution in [0.2, 0.25) is 0 Å². The fourth-order valence-corrected chi connectivity index (χ4v) is 2.60. The largest absolute Gasteiger partial charge is 0.337 e. The van der Waals surface area contributed by atoms with E-state index in [1.54, 1.807) is 10.7 Å². The number of benzene rings is 1. The molecular formula is C16H19N3O. The molecule has 1 saturated heterocycles. The Morgan fingerprint density at radius 2 is 1.65 bits per heavy atom. The van der Waals surface area contributed by atoms with Gasteiger partial charge in [0.15, 0.2) is 5.69 Å². The summed E-state index contributed by atoms with van der Waals surface area (Å²) in [6.45, 7) is 1.72. The minimum atomic E-state index is 0.0570. The molecule has 0 spiro atoms. The number of hydrogen-bond acceptors (Lipinski definition) is 2. The van der Waals surface area contributed by atoms with Crippen molar-refractivity contribution < 1.29 is 4.79 Å². The van der Waals surface area contributed by atoms with Crippen LogP contribution in [0.25, 0.3) is 5.69 Å². The van der Waals surface area contributed by atoms with E-state index in [0.29, 0.717) is 5.69 Å². The molecule has 0 atom stereocenters. The Morgan fingerprint density at radius 3 is 2.35 bits per heavy atom. The van der Waals surface area contributed by atoms with E-state index < -0.39 is 0 Å². The van der Waals surface area contributed by atoms with Crippen molar-refractivity contribution in [3.05, 3.63) is 48.3 Å². The number of carbonyl (C=O) groups excluding carboxylic acids is 1. The zero-order chi connectivity index (χ0) is 13.8. The van der Waals surface area contributed by atoms with Gasteiger partial charge in [-0.3, -0.25) is 4.79 Å². The van der Waals surface area contributed by atoms with Crippen molar-refractivity contribution in [2.45, 2.75) is 25.7 Å². The van der Waals surface area contributed by atoms with Crippen LogP contribution in [0.3, 0.4) is 0 Å². The van der Waals surface area contributed by atoms with Gasteiger partial charge in [0.25, 0.3) is 5.91 Å². The van der Waals surface area contributed by atoms with E-state index in [1.165, 1.54) is 12.8 Å². The van der Waals surface area contributed by atoms with Gasteiger partial charge in [-0.05, 0) is 31.0 Å². The Labute approximate surface area is 119 Å². The zero-order valence-electron chi connectivity index (χ0n) is 11.5. The van der Waals surface area contributed by atoms with Crippen molar-refractivity contribution >= 4 is 5.91 Å². The fourth-order valence-electron chi connectivity index (χ4n) is 2.60. The third-order valence-electron chi connectivity index (χ3n) is 3.72. The van der Waals surface area contributed by atoms with E-state index in [4.69, 9.17) is 0 Å². The molecule has 0 saturated carbocycles. The van der Waals surface area contributed by atoms with Crippen molar-refractivity contribution in [3.8, 4) is 5.69 Å². The third-order valence-corrected chi connectivity index (χ3v) is 3.72. The normalized spacial score (nSPS) is 15.9. The van der Waals surface area contributed by atoms with Crippen LogP contribution in [0.15, 0.2) is 42.6 Å². The van der Waals surface area contributed by atoms with Gasteiger partial charge in [0.05, 0.1) is 5.69 Å². The minimum absolute atomic E-state index is 0.0570. The van der Waals surface area contributed by atoms with E-state index in [1.807, 2.05) is 41.4 Å². The summed E-state index contributed by atoms with van der Waals surface area (Å²) in [5, 5.41) is 4.41. The summed E-state index contributed by atoms with van der Waals surface area (Å²) in [6.07, 6.45) is 6.50. The maximum atomic E-state index is 12.4. The van der Waals surface area contributed by atoms with Gasteiger partial charge in [-0.15, -0.1) is 0 Å². The first kappa shape index (κ1) is 12.9. The lowest BCUT2D eigenvalue weighted by Crippen LogP contribution is -2.32. The molecular weight excluding hydrogens is 250 g/mol. The summed E-state index contributed by atoms with van der Waals surface area (Å²) < 4.78 is 1.76. The van der Waals surface area contributed by atoms with E-state index in [0.717, 1.165) is 31.6 Å². The number of aromatic nitrogens is 2. The first-order valence-electron chi connectivity index (χ1n) is 7.25. The Bertz CT molecular complexity index is 568. The fraction of sp³-hybridized carbons (Fsp3) is 0.375. The summed E-state index contributed by atoms with van der Waals surface area (Å²) in [6, 6.07) is 11.7. The van der Waals surface area contributed by atoms with Crippen LogP contribution in [-0.2, 0) is 0 Å². The maximum absolute atomic E-state index is 12.4. The molecule has 1 aromatic carbocycles. The second-order valence-corrected chi connectivity index (χ2v) is 5.19. The molecule has 1 aliphatic heterocycles. The van der Waals surface area contributed by atoms with Crippen LogP contribution >= 0.6 is 0 Å². The number of hydrogen-bond donors (Lipinski definition) is 0. The van der Waals surface area contributed by atoms with Crippen LogP contribution in [0, 0.1) is 0 Å². The molecule has 0 aliphatic carbocycles. The van der Waals surface area contributed by atoms with Crippen molar-refractivity contribution in [1.29, 1.82) is 0 Å². The molecule has 0 bridgehead atoms. The Hall–Kier alpha value is -2.10. The SMILES string of the molecule is O=C(c1ccn(-c2ccccc2)n1)N1CCCCCC1. The van der Waals surface area contributed by atoms with Crippen LogP contribution in [0.5, 0.6) is 0 Å². The van der Waals surface area contributed by atoms with Gasteiger partial charge in [0.2, 0.25) is 0 Å². The first-order chi connectivity index (χ1) is 9.84. The summed E-state index contributed by atoms with van der Waals surface area (Å²) >= 11 is 0. The molecule has 1 aromatic heterocycles. The average molecular weight is 269 g/mol. The lowest BCUT2D eigenvalue weighted by atomic mass is 10.2. The quantitative estimate of drug-likeness (QED) is 0.840. The molecule has 4 heteroatoms. The predicted octanol–water partition coefficient (Wildman–Crippen LogP) is 2.89. The van der Waals surface area contributed by atoms with Crippen molar-refractivity contribution in [3.63, 3.8) is 0 Å². The Balaban J connectivity index is 1.77. The molecule has 1 aliphatic rings. The van der Waals surface area contributed by atoms with Crippen molar-refractivity contribution in [2.75, 3.05) is 13.1 Å². The highest BCUT2D eigenvalue weighted by molar-refractivity contribution is 5.92. The zero-order valence-corrected chi connectivity index (χ0v) is 11.5. The highest BCUT2D eigenvalue weighted by atomic mass is 16.2. The van der Waals surface area contributed by atoms with E-state index in [-0.39, 0.29) is 5.91 Å². The number of likely N-dealkylation sites (tertiary alicyclic amines) is 1. The minimum Gasteiger partial charge on any atom is -0.337 e. The van der Waals surface area contributed by atoms with E-state index >= 15 is 0 Å². The van der Waals surface area contributed by atoms with Gasteiger partial charge in [-0.25, -0.2) is 4.68 Å². The number of carbonyl (C=O) groups is 1. The molecule has 104 valence electrons. The molecule has 2 aromatic rings. The molecule has 4 nitrogen and oxygen atoms in total. The van der Waals surface area contributed by atoms with Crippen molar-refractivity contribution in [1.82, 2.24) is 14.7 Å². The van der Waals surface area contributed by atoms with Gasteiger partial charge in [0, 0.05) is 19.3 Å². The topological polar surface area (TPSA) is 38.1 Å². The Kier molecular flexibility index (Phi) is 3.81. The molecule has 1 amide bonds. The van der Waals surface area contributed by atoms with Crippen LogP contribution in [-0.4, -0.2) is 33.7 Å². The van der Waals surface area contributed by atoms with Crippen LogP contribution in [0.1, 0.15) is 36.2 Å². The monoisotopic (exact) mass is 269 g/mol. The maximum Gasteiger partial charge on any atom is 0.274 e. The molecule has 20 heavy (non-hydrogen) atoms. The standard InChI is InChI=1S/C16H19N3O/c20-16(18-11-6-1-2-7-12-18)15-10-13-19(17-15)14-8-4-3-5-9-14/h3-5,8-10,13H,1-2,6-7,11-12H2. The second kappa shape index (κ2) is 5.90. The van der Waals surface area contributed by atoms with Gasteiger partial charge in [-0.1, -0.05) is 31.0 Å². The average Bonchev–Trinajstić information content (AvgIpc) is 2.83. The lowest BCUT2D eigenvalue weighted by molar-refractivity contribution is 0.0755. The van der Waals surface area contributed by atoms with Gasteiger partial charge < -0.3 is 4.90 Å². The Morgan fingerprint density at radius 1 is 0.950 bits per heavy atom. The van der Waals surface area contributed by atoms with Crippen LogP contribution < -0.4 is 0 Å². The third kappa shape index (κ3) is 2.74. The molecule has 2 heterocycles. The number of para-hydroxylation sites is 1. The second-order valence-electron chi connectivity index (χ2n) is 5.19. The summed E-state index contributed by atoms with van der Waals surface area (Å²) in [5.41, 5.74) is 1.51. The lowest BCUT2D eigenvalue weighted by Gasteiger charge is -2.18.